The Labute approximate surface area is 258 Å². The second-order valence-corrected chi connectivity index (χ2v) is 12.2. The van der Waals surface area contributed by atoms with Crippen LogP contribution in [0.2, 0.25) is 0 Å². The molecule has 0 spiro atoms. The Kier molecular flexibility index (Phi) is 8.43. The molecule has 0 radical (unpaired) electrons. The molecule has 0 saturated carbocycles. The van der Waals surface area contributed by atoms with Crippen molar-refractivity contribution in [2.45, 2.75) is 68.9 Å². The molecule has 2 atom stereocenters. The number of fused-ring (bicyclic) bond motifs is 1. The summed E-state index contributed by atoms with van der Waals surface area (Å²) in [4.78, 5) is 40.3. The predicted octanol–water partition coefficient (Wildman–Crippen LogP) is 5.14. The number of benzene rings is 2. The average molecular weight is 629 g/mol. The van der Waals surface area contributed by atoms with Crippen molar-refractivity contribution in [3.8, 4) is 0 Å². The first-order valence-electron chi connectivity index (χ1n) is 14.6. The number of rotatable bonds is 5. The fourth-order valence-electron chi connectivity index (χ4n) is 6.08. The molecule has 3 heterocycles. The number of carbonyl (C=O) groups is 3. The van der Waals surface area contributed by atoms with Gasteiger partial charge in [-0.3, -0.25) is 4.79 Å². The summed E-state index contributed by atoms with van der Waals surface area (Å²) in [6.07, 6.45) is -5.36. The van der Waals surface area contributed by atoms with Crippen LogP contribution in [0.1, 0.15) is 73.9 Å². The lowest BCUT2D eigenvalue weighted by molar-refractivity contribution is -0.210. The Morgan fingerprint density at radius 1 is 1.00 bits per heavy atom. The van der Waals surface area contributed by atoms with Gasteiger partial charge in [0, 0.05) is 24.6 Å². The van der Waals surface area contributed by atoms with Crippen molar-refractivity contribution < 1.29 is 42.1 Å². The number of carbonyl (C=O) groups excluding carboxylic acids is 3. The summed E-state index contributed by atoms with van der Waals surface area (Å²) in [6, 6.07) is 17.1. The highest BCUT2D eigenvalue weighted by Gasteiger charge is 2.67. The lowest BCUT2D eigenvalue weighted by Crippen LogP contribution is -2.61. The van der Waals surface area contributed by atoms with E-state index in [9.17, 15) is 19.5 Å². The molecule has 2 N–H and O–H groups in total. The number of piperidine rings is 1. The van der Waals surface area contributed by atoms with E-state index in [0.29, 0.717) is 11.1 Å². The molecule has 13 heteroatoms. The summed E-state index contributed by atoms with van der Waals surface area (Å²) in [7, 11) is 0.800. The maximum atomic E-state index is 15.1. The van der Waals surface area contributed by atoms with Crippen molar-refractivity contribution in [2.24, 2.45) is 0 Å². The van der Waals surface area contributed by atoms with Gasteiger partial charge in [-0.25, -0.2) is 14.3 Å². The quantitative estimate of drug-likeness (QED) is 0.297. The highest BCUT2D eigenvalue weighted by molar-refractivity contribution is 6.14. The van der Waals surface area contributed by atoms with Gasteiger partial charge in [0.1, 0.15) is 23.4 Å². The Balaban J connectivity index is 1.69. The van der Waals surface area contributed by atoms with Gasteiger partial charge < -0.3 is 24.8 Å². The number of hydrogen-bond donors (Lipinski definition) is 2. The van der Waals surface area contributed by atoms with Crippen LogP contribution in [0, 0.1) is 0 Å². The molecule has 1 aromatic heterocycles. The van der Waals surface area contributed by atoms with Crippen LogP contribution in [0.5, 0.6) is 0 Å². The molecule has 240 valence electrons. The number of methoxy groups -OCH3 is 1. The number of alkyl halides is 3. The van der Waals surface area contributed by atoms with Crippen molar-refractivity contribution in [3.63, 3.8) is 0 Å². The fourth-order valence-corrected chi connectivity index (χ4v) is 6.08. The maximum absolute atomic E-state index is 15.1. The number of halogens is 3. The molecule has 0 aliphatic carbocycles. The van der Waals surface area contributed by atoms with Crippen molar-refractivity contribution in [1.29, 1.82) is 0 Å². The summed E-state index contributed by atoms with van der Waals surface area (Å²) in [6.45, 7) is 5.56. The molecule has 2 aliphatic rings. The summed E-state index contributed by atoms with van der Waals surface area (Å²) in [5.74, 6) is -7.18. The van der Waals surface area contributed by atoms with Crippen LogP contribution in [0.4, 0.5) is 23.8 Å². The standard InChI is InChI=1S/C32H35F3N4O6/c1-30(2,3)45-29(42)38-17-15-19(16-18-38)23-22-25(32(33,34)35)31(43,28(41)44-4)27(40)36-26(22)39(37-23)24(20-11-7-5-8-12-20)21-13-9-6-10-14-21/h5-14,19,24-25,43H,15-18H2,1-4H3,(H,36,40). The molecule has 2 aromatic carbocycles. The van der Waals surface area contributed by atoms with E-state index in [1.54, 1.807) is 81.4 Å². The van der Waals surface area contributed by atoms with Crippen LogP contribution in [0.25, 0.3) is 0 Å². The van der Waals surface area contributed by atoms with Crippen molar-refractivity contribution in [1.82, 2.24) is 14.7 Å². The first kappa shape index (κ1) is 32.0. The van der Waals surface area contributed by atoms with E-state index in [1.807, 2.05) is 0 Å². The molecule has 2 aliphatic heterocycles. The minimum atomic E-state index is -5.26. The third-order valence-electron chi connectivity index (χ3n) is 8.09. The highest BCUT2D eigenvalue weighted by Crippen LogP contribution is 2.53. The summed E-state index contributed by atoms with van der Waals surface area (Å²) in [5, 5.41) is 18.4. The molecule has 10 nitrogen and oxygen atoms in total. The van der Waals surface area contributed by atoms with Crippen LogP contribution in [-0.4, -0.2) is 75.3 Å². The van der Waals surface area contributed by atoms with Crippen LogP contribution in [-0.2, 0) is 19.1 Å². The Bertz CT molecular complexity index is 1520. The second-order valence-electron chi connectivity index (χ2n) is 12.2. The number of aromatic nitrogens is 2. The van der Waals surface area contributed by atoms with Crippen LogP contribution in [0.15, 0.2) is 60.7 Å². The molecule has 2 amide bonds. The van der Waals surface area contributed by atoms with Gasteiger partial charge in [0.25, 0.3) is 11.5 Å². The van der Waals surface area contributed by atoms with Gasteiger partial charge in [0.05, 0.1) is 12.8 Å². The summed E-state index contributed by atoms with van der Waals surface area (Å²) < 4.78 is 56.5. The Hall–Kier alpha value is -4.39. The number of ether oxygens (including phenoxy) is 2. The zero-order valence-electron chi connectivity index (χ0n) is 25.3. The van der Waals surface area contributed by atoms with E-state index in [0.717, 1.165) is 7.11 Å². The minimum Gasteiger partial charge on any atom is -0.466 e. The Morgan fingerprint density at radius 3 is 2.00 bits per heavy atom. The topological polar surface area (TPSA) is 123 Å². The van der Waals surface area contributed by atoms with E-state index >= 15 is 13.2 Å². The summed E-state index contributed by atoms with van der Waals surface area (Å²) in [5.41, 5.74) is -3.53. The molecular formula is C32H35F3N4O6. The van der Waals surface area contributed by atoms with Gasteiger partial charge in [0.2, 0.25) is 0 Å². The molecule has 45 heavy (non-hydrogen) atoms. The maximum Gasteiger partial charge on any atom is 0.410 e. The summed E-state index contributed by atoms with van der Waals surface area (Å²) >= 11 is 0. The van der Waals surface area contributed by atoms with E-state index in [-0.39, 0.29) is 37.4 Å². The lowest BCUT2D eigenvalue weighted by atomic mass is 9.75. The van der Waals surface area contributed by atoms with Gasteiger partial charge in [-0.05, 0) is 44.7 Å². The van der Waals surface area contributed by atoms with Gasteiger partial charge in [-0.15, -0.1) is 0 Å². The predicted molar refractivity (Wildman–Crippen MR) is 157 cm³/mol. The third-order valence-corrected chi connectivity index (χ3v) is 8.09. The first-order chi connectivity index (χ1) is 21.2. The fraction of sp³-hybridized carbons (Fsp3) is 0.438. The zero-order chi connectivity index (χ0) is 32.7. The van der Waals surface area contributed by atoms with Crippen molar-refractivity contribution in [3.05, 3.63) is 83.0 Å². The van der Waals surface area contributed by atoms with E-state index in [1.165, 1.54) is 9.58 Å². The molecular weight excluding hydrogens is 593 g/mol. The number of anilines is 1. The number of hydrogen-bond acceptors (Lipinski definition) is 7. The largest absolute Gasteiger partial charge is 0.466 e. The van der Waals surface area contributed by atoms with E-state index in [2.05, 4.69) is 10.1 Å². The minimum absolute atomic E-state index is 0.0321. The van der Waals surface area contributed by atoms with Crippen molar-refractivity contribution >= 4 is 23.8 Å². The normalized spacial score (nSPS) is 20.9. The smallest absolute Gasteiger partial charge is 0.410 e. The molecule has 1 saturated heterocycles. The highest BCUT2D eigenvalue weighted by atomic mass is 19.4. The molecule has 1 fully saturated rings. The van der Waals surface area contributed by atoms with E-state index < -0.39 is 58.8 Å². The number of nitrogens with one attached hydrogen (secondary N) is 1. The molecule has 0 bridgehead atoms. The number of likely N-dealkylation sites (tertiary alicyclic amines) is 1. The van der Waals surface area contributed by atoms with Gasteiger partial charge in [0.15, 0.2) is 0 Å². The van der Waals surface area contributed by atoms with Crippen LogP contribution in [0.3, 0.4) is 0 Å². The van der Waals surface area contributed by atoms with E-state index in [4.69, 9.17) is 9.84 Å². The van der Waals surface area contributed by atoms with Gasteiger partial charge in [-0.2, -0.15) is 18.3 Å². The monoisotopic (exact) mass is 628 g/mol. The SMILES string of the molecule is COC(=O)C1(O)C(=O)Nc2c(c(C3CCN(C(=O)OC(C)(C)C)CC3)nn2C(c2ccccc2)c2ccccc2)C1C(F)(F)F. The Morgan fingerprint density at radius 2 is 1.53 bits per heavy atom. The number of aliphatic hydroxyl groups is 1. The van der Waals surface area contributed by atoms with Gasteiger partial charge >= 0.3 is 18.2 Å². The van der Waals surface area contributed by atoms with Crippen molar-refractivity contribution in [2.75, 3.05) is 25.5 Å². The molecule has 2 unspecified atom stereocenters. The van der Waals surface area contributed by atoms with Crippen LogP contribution >= 0.6 is 0 Å². The second kappa shape index (κ2) is 11.8. The third kappa shape index (κ3) is 6.00. The van der Waals surface area contributed by atoms with Crippen LogP contribution < -0.4 is 5.32 Å². The zero-order valence-corrected chi connectivity index (χ0v) is 25.3. The number of esters is 1. The number of nitrogens with zero attached hydrogens (tertiary/aromatic N) is 3. The molecule has 3 aromatic rings. The number of amides is 2. The lowest BCUT2D eigenvalue weighted by Gasteiger charge is -2.39. The van der Waals surface area contributed by atoms with Gasteiger partial charge in [-0.1, -0.05) is 60.7 Å². The molecule has 5 rings (SSSR count). The average Bonchev–Trinajstić information content (AvgIpc) is 3.34. The first-order valence-corrected chi connectivity index (χ1v) is 14.6.